The quantitative estimate of drug-likeness (QED) is 0.772. The smallest absolute Gasteiger partial charge is 0.0105 e. The molecule has 0 spiro atoms. The first-order valence-corrected chi connectivity index (χ1v) is 6.53. The molecule has 0 saturated heterocycles. The second-order valence-corrected chi connectivity index (χ2v) is 4.73. The van der Waals surface area contributed by atoms with Gasteiger partial charge in [-0.15, -0.1) is 0 Å². The normalized spacial score (nSPS) is 14.8. The monoisotopic (exact) mass is 219 g/mol. The van der Waals surface area contributed by atoms with Gasteiger partial charge in [-0.25, -0.2) is 0 Å². The molecule has 0 aliphatic rings. The van der Waals surface area contributed by atoms with E-state index >= 15 is 0 Å². The molecule has 16 heavy (non-hydrogen) atoms. The van der Waals surface area contributed by atoms with E-state index in [0.29, 0.717) is 12.0 Å². The maximum atomic E-state index is 6.16. The van der Waals surface area contributed by atoms with Gasteiger partial charge in [-0.05, 0) is 29.9 Å². The molecule has 0 saturated carbocycles. The van der Waals surface area contributed by atoms with Crippen molar-refractivity contribution in [2.45, 2.75) is 58.4 Å². The zero-order valence-electron chi connectivity index (χ0n) is 10.9. The summed E-state index contributed by atoms with van der Waals surface area (Å²) in [5.74, 6) is 0.468. The van der Waals surface area contributed by atoms with Gasteiger partial charge in [0.1, 0.15) is 0 Å². The van der Waals surface area contributed by atoms with Crippen molar-refractivity contribution in [3.8, 4) is 0 Å². The van der Waals surface area contributed by atoms with Crippen LogP contribution in [0.15, 0.2) is 24.3 Å². The van der Waals surface area contributed by atoms with Crippen LogP contribution in [-0.2, 0) is 6.42 Å². The van der Waals surface area contributed by atoms with Crippen molar-refractivity contribution < 1.29 is 0 Å². The summed E-state index contributed by atoms with van der Waals surface area (Å²) in [5, 5.41) is 0. The lowest BCUT2D eigenvalue weighted by atomic mass is 9.90. The summed E-state index contributed by atoms with van der Waals surface area (Å²) >= 11 is 0. The summed E-state index contributed by atoms with van der Waals surface area (Å²) < 4.78 is 0. The van der Waals surface area contributed by atoms with E-state index in [1.54, 1.807) is 0 Å². The van der Waals surface area contributed by atoms with Crippen molar-refractivity contribution in [2.24, 2.45) is 5.73 Å². The summed E-state index contributed by atoms with van der Waals surface area (Å²) in [5.41, 5.74) is 8.97. The van der Waals surface area contributed by atoms with Crippen LogP contribution in [0.5, 0.6) is 0 Å². The van der Waals surface area contributed by atoms with E-state index in [-0.39, 0.29) is 0 Å². The van der Waals surface area contributed by atoms with Crippen molar-refractivity contribution >= 4 is 0 Å². The molecule has 1 nitrogen and oxygen atoms in total. The van der Waals surface area contributed by atoms with E-state index in [9.17, 15) is 0 Å². The van der Waals surface area contributed by atoms with Crippen molar-refractivity contribution in [3.05, 3.63) is 35.4 Å². The second-order valence-electron chi connectivity index (χ2n) is 4.73. The van der Waals surface area contributed by atoms with Gasteiger partial charge in [0.2, 0.25) is 0 Å². The highest BCUT2D eigenvalue weighted by Crippen LogP contribution is 2.21. The minimum Gasteiger partial charge on any atom is -0.327 e. The van der Waals surface area contributed by atoms with E-state index in [1.165, 1.54) is 30.4 Å². The van der Waals surface area contributed by atoms with E-state index in [4.69, 9.17) is 5.73 Å². The molecule has 1 aromatic carbocycles. The van der Waals surface area contributed by atoms with Crippen molar-refractivity contribution in [1.82, 2.24) is 0 Å². The highest BCUT2D eigenvalue weighted by atomic mass is 14.6. The molecule has 0 aromatic heterocycles. The molecular formula is C15H25N. The molecule has 1 heteroatoms. The Bertz CT molecular complexity index is 289. The largest absolute Gasteiger partial charge is 0.327 e. The molecule has 0 aliphatic carbocycles. The Kier molecular flexibility index (Phi) is 5.54. The zero-order valence-corrected chi connectivity index (χ0v) is 10.9. The first kappa shape index (κ1) is 13.2. The number of benzene rings is 1. The lowest BCUT2D eigenvalue weighted by molar-refractivity contribution is 0.522. The third-order valence-electron chi connectivity index (χ3n) is 3.31. The predicted octanol–water partition coefficient (Wildman–Crippen LogP) is 3.87. The molecule has 0 fully saturated rings. The van der Waals surface area contributed by atoms with Crippen LogP contribution in [0.4, 0.5) is 0 Å². The Morgan fingerprint density at radius 1 is 1.06 bits per heavy atom. The van der Waals surface area contributed by atoms with E-state index in [1.807, 2.05) is 0 Å². The van der Waals surface area contributed by atoms with Crippen LogP contribution in [0.1, 0.15) is 57.1 Å². The summed E-state index contributed by atoms with van der Waals surface area (Å²) in [6.45, 7) is 6.64. The Morgan fingerprint density at radius 2 is 1.69 bits per heavy atom. The SMILES string of the molecule is CCCc1ccc(C(C)C(N)CCC)cc1. The molecule has 2 N–H and O–H groups in total. The number of rotatable bonds is 6. The zero-order chi connectivity index (χ0) is 12.0. The molecule has 1 aromatic rings. The number of nitrogens with two attached hydrogens (primary N) is 1. The van der Waals surface area contributed by atoms with Gasteiger partial charge >= 0.3 is 0 Å². The molecule has 1 rings (SSSR count). The minimum absolute atomic E-state index is 0.294. The van der Waals surface area contributed by atoms with Gasteiger partial charge in [-0.3, -0.25) is 0 Å². The van der Waals surface area contributed by atoms with Crippen LogP contribution in [0.3, 0.4) is 0 Å². The standard InChI is InChI=1S/C15H25N/c1-4-6-13-8-10-14(11-9-13)12(3)15(16)7-5-2/h8-12,15H,4-7,16H2,1-3H3. The predicted molar refractivity (Wildman–Crippen MR) is 71.7 cm³/mol. The number of hydrogen-bond acceptors (Lipinski definition) is 1. The average molecular weight is 219 g/mol. The van der Waals surface area contributed by atoms with Gasteiger partial charge < -0.3 is 5.73 Å². The molecule has 0 bridgehead atoms. The van der Waals surface area contributed by atoms with Crippen LogP contribution in [0.2, 0.25) is 0 Å². The van der Waals surface area contributed by atoms with Crippen LogP contribution in [0, 0.1) is 0 Å². The van der Waals surface area contributed by atoms with Crippen LogP contribution in [-0.4, -0.2) is 6.04 Å². The summed E-state index contributed by atoms with van der Waals surface area (Å²) in [4.78, 5) is 0. The van der Waals surface area contributed by atoms with Gasteiger partial charge in [0.05, 0.1) is 0 Å². The molecular weight excluding hydrogens is 194 g/mol. The van der Waals surface area contributed by atoms with Gasteiger partial charge in [0, 0.05) is 6.04 Å². The van der Waals surface area contributed by atoms with E-state index in [2.05, 4.69) is 45.0 Å². The van der Waals surface area contributed by atoms with Crippen molar-refractivity contribution in [1.29, 1.82) is 0 Å². The summed E-state index contributed by atoms with van der Waals surface area (Å²) in [6.07, 6.45) is 4.66. The highest BCUT2D eigenvalue weighted by Gasteiger charge is 2.13. The Hall–Kier alpha value is -0.820. The van der Waals surface area contributed by atoms with E-state index < -0.39 is 0 Å². The lowest BCUT2D eigenvalue weighted by Crippen LogP contribution is -2.26. The average Bonchev–Trinajstić information content (AvgIpc) is 2.30. The molecule has 2 atom stereocenters. The molecule has 0 aliphatic heterocycles. The van der Waals surface area contributed by atoms with Gasteiger partial charge in [0.15, 0.2) is 0 Å². The maximum Gasteiger partial charge on any atom is 0.0105 e. The first-order chi connectivity index (χ1) is 7.69. The second kappa shape index (κ2) is 6.70. The Labute approximate surface area is 100 Å². The van der Waals surface area contributed by atoms with Crippen molar-refractivity contribution in [3.63, 3.8) is 0 Å². The maximum absolute atomic E-state index is 6.16. The third-order valence-corrected chi connectivity index (χ3v) is 3.31. The summed E-state index contributed by atoms with van der Waals surface area (Å²) in [6, 6.07) is 9.26. The molecule has 2 unspecified atom stereocenters. The Balaban J connectivity index is 2.65. The van der Waals surface area contributed by atoms with Crippen LogP contribution < -0.4 is 5.73 Å². The fourth-order valence-electron chi connectivity index (χ4n) is 2.11. The fourth-order valence-corrected chi connectivity index (χ4v) is 2.11. The first-order valence-electron chi connectivity index (χ1n) is 6.53. The van der Waals surface area contributed by atoms with Gasteiger partial charge in [-0.2, -0.15) is 0 Å². The Morgan fingerprint density at radius 3 is 2.19 bits per heavy atom. The van der Waals surface area contributed by atoms with E-state index in [0.717, 1.165) is 6.42 Å². The molecule has 0 heterocycles. The third kappa shape index (κ3) is 3.64. The topological polar surface area (TPSA) is 26.0 Å². The van der Waals surface area contributed by atoms with Gasteiger partial charge in [0.25, 0.3) is 0 Å². The van der Waals surface area contributed by atoms with Crippen LogP contribution in [0.25, 0.3) is 0 Å². The summed E-state index contributed by atoms with van der Waals surface area (Å²) in [7, 11) is 0. The number of aryl methyl sites for hydroxylation is 1. The lowest BCUT2D eigenvalue weighted by Gasteiger charge is -2.20. The molecule has 0 radical (unpaired) electrons. The molecule has 90 valence electrons. The van der Waals surface area contributed by atoms with Crippen molar-refractivity contribution in [2.75, 3.05) is 0 Å². The molecule has 0 amide bonds. The highest BCUT2D eigenvalue weighted by molar-refractivity contribution is 5.26. The van der Waals surface area contributed by atoms with Crippen LogP contribution >= 0.6 is 0 Å². The number of hydrogen-bond donors (Lipinski definition) is 1. The minimum atomic E-state index is 0.294. The fraction of sp³-hybridized carbons (Fsp3) is 0.600. The van der Waals surface area contributed by atoms with Gasteiger partial charge in [-0.1, -0.05) is 57.9 Å².